The number of nitrogens with zero attached hydrogens (tertiary/aromatic N) is 2. The fraction of sp³-hybridized carbons (Fsp3) is 0.875. The second kappa shape index (κ2) is 6.19. The van der Waals surface area contributed by atoms with Gasteiger partial charge >= 0.3 is 0 Å². The highest BCUT2D eigenvalue weighted by Crippen LogP contribution is 2.36. The van der Waals surface area contributed by atoms with Gasteiger partial charge in [0.15, 0.2) is 0 Å². The van der Waals surface area contributed by atoms with Crippen LogP contribution in [-0.2, 0) is 9.59 Å². The normalized spacial score (nSPS) is 36.5. The van der Waals surface area contributed by atoms with Crippen molar-refractivity contribution in [3.05, 3.63) is 0 Å². The summed E-state index contributed by atoms with van der Waals surface area (Å²) in [5.41, 5.74) is 0. The van der Waals surface area contributed by atoms with E-state index in [1.165, 1.54) is 12.8 Å². The maximum absolute atomic E-state index is 12.9. The van der Waals surface area contributed by atoms with Gasteiger partial charge in [-0.1, -0.05) is 12.8 Å². The van der Waals surface area contributed by atoms with E-state index in [0.29, 0.717) is 5.91 Å². The van der Waals surface area contributed by atoms with E-state index >= 15 is 0 Å². The lowest BCUT2D eigenvalue weighted by Gasteiger charge is -2.53. The summed E-state index contributed by atoms with van der Waals surface area (Å²) < 4.78 is 0. The van der Waals surface area contributed by atoms with E-state index in [1.54, 1.807) is 6.92 Å². The summed E-state index contributed by atoms with van der Waals surface area (Å²) in [6.45, 7) is 4.48. The predicted molar refractivity (Wildman–Crippen MR) is 85.2 cm³/mol. The Balaban J connectivity index is 1.81. The van der Waals surface area contributed by atoms with Gasteiger partial charge in [0, 0.05) is 19.5 Å². The van der Waals surface area contributed by atoms with Crippen molar-refractivity contribution >= 4 is 23.6 Å². The van der Waals surface area contributed by atoms with Crippen LogP contribution in [0.4, 0.5) is 0 Å². The van der Waals surface area contributed by atoms with Gasteiger partial charge in [0.25, 0.3) is 0 Å². The predicted octanol–water partition coefficient (Wildman–Crippen LogP) is 2.27. The van der Waals surface area contributed by atoms with Crippen LogP contribution in [0.3, 0.4) is 0 Å². The Kier molecular flexibility index (Phi) is 4.48. The van der Waals surface area contributed by atoms with Gasteiger partial charge in [-0.15, -0.1) is 11.8 Å². The van der Waals surface area contributed by atoms with E-state index in [4.69, 9.17) is 0 Å². The van der Waals surface area contributed by atoms with Crippen molar-refractivity contribution in [2.45, 2.75) is 75.7 Å². The average molecular weight is 310 g/mol. The van der Waals surface area contributed by atoms with Crippen LogP contribution in [0.25, 0.3) is 0 Å². The summed E-state index contributed by atoms with van der Waals surface area (Å²) in [6, 6.07) is 0.653. The van der Waals surface area contributed by atoms with Crippen LogP contribution in [0.2, 0.25) is 0 Å². The first-order valence-corrected chi connectivity index (χ1v) is 9.35. The number of carbonyl (C=O) groups excluding carboxylic acids is 2. The molecule has 0 aromatic heterocycles. The molecule has 1 aliphatic carbocycles. The third-order valence-electron chi connectivity index (χ3n) is 5.24. The van der Waals surface area contributed by atoms with Gasteiger partial charge < -0.3 is 9.80 Å². The Hall–Kier alpha value is -0.710. The summed E-state index contributed by atoms with van der Waals surface area (Å²) in [5.74, 6) is 1.62. The van der Waals surface area contributed by atoms with Crippen molar-refractivity contribution in [2.75, 3.05) is 12.3 Å². The number of piperazine rings is 1. The number of thioether (sulfide) groups is 1. The molecule has 2 amide bonds. The van der Waals surface area contributed by atoms with Gasteiger partial charge in [0.2, 0.25) is 11.8 Å². The molecule has 0 aromatic rings. The van der Waals surface area contributed by atoms with Crippen LogP contribution >= 0.6 is 11.8 Å². The Labute approximate surface area is 131 Å². The highest BCUT2D eigenvalue weighted by atomic mass is 32.2. The molecule has 3 aliphatic rings. The van der Waals surface area contributed by atoms with Gasteiger partial charge in [-0.3, -0.25) is 9.59 Å². The topological polar surface area (TPSA) is 40.6 Å². The minimum atomic E-state index is 0.150. The first kappa shape index (κ1) is 15.2. The Bertz CT molecular complexity index is 423. The summed E-state index contributed by atoms with van der Waals surface area (Å²) in [4.78, 5) is 29.1. The largest absolute Gasteiger partial charge is 0.335 e. The molecule has 5 heteroatoms. The molecular formula is C16H26N2O2S. The van der Waals surface area contributed by atoms with Gasteiger partial charge in [0.05, 0.1) is 17.3 Å². The molecule has 0 N–H and O–H groups in total. The maximum Gasteiger partial charge on any atom is 0.236 e. The number of hydrogen-bond acceptors (Lipinski definition) is 3. The van der Waals surface area contributed by atoms with E-state index in [0.717, 1.165) is 38.0 Å². The SMILES string of the molecule is CC(=O)N1C2CCCCC2N(C(=O)C2CCCS2)C[C@@H]1C. The molecule has 3 fully saturated rings. The standard InChI is InChI=1S/C16H26N2O2S/c1-11-10-17(16(20)15-8-5-9-21-15)13-6-3-4-7-14(13)18(11)12(2)19/h11,13-15H,3-10H2,1-2H3/t11-,13?,14?,15?/m0/s1. The molecular weight excluding hydrogens is 284 g/mol. The fourth-order valence-corrected chi connectivity index (χ4v) is 5.60. The van der Waals surface area contributed by atoms with Crippen molar-refractivity contribution in [3.63, 3.8) is 0 Å². The third-order valence-corrected chi connectivity index (χ3v) is 6.60. The monoisotopic (exact) mass is 310 g/mol. The van der Waals surface area contributed by atoms with Gasteiger partial charge in [-0.25, -0.2) is 0 Å². The molecule has 0 bridgehead atoms. The zero-order valence-corrected chi connectivity index (χ0v) is 13.9. The third kappa shape index (κ3) is 2.81. The lowest BCUT2D eigenvalue weighted by molar-refractivity contribution is -0.152. The zero-order chi connectivity index (χ0) is 15.0. The molecule has 21 heavy (non-hydrogen) atoms. The van der Waals surface area contributed by atoms with Crippen molar-refractivity contribution in [1.29, 1.82) is 0 Å². The van der Waals surface area contributed by atoms with Crippen LogP contribution < -0.4 is 0 Å². The number of rotatable bonds is 1. The van der Waals surface area contributed by atoms with E-state index in [1.807, 2.05) is 11.8 Å². The summed E-state index contributed by atoms with van der Waals surface area (Å²) in [6.07, 6.45) is 6.67. The van der Waals surface area contributed by atoms with Crippen LogP contribution in [0.1, 0.15) is 52.4 Å². The highest BCUT2D eigenvalue weighted by Gasteiger charge is 2.45. The average Bonchev–Trinajstić information content (AvgIpc) is 2.99. The second-order valence-corrected chi connectivity index (χ2v) is 8.00. The highest BCUT2D eigenvalue weighted by molar-refractivity contribution is 8.00. The molecule has 0 radical (unpaired) electrons. The summed E-state index contributed by atoms with van der Waals surface area (Å²) in [5, 5.41) is 0.170. The molecule has 0 spiro atoms. The van der Waals surface area contributed by atoms with E-state index in [9.17, 15) is 9.59 Å². The molecule has 118 valence electrons. The minimum absolute atomic E-state index is 0.150. The van der Waals surface area contributed by atoms with Gasteiger partial charge in [0.1, 0.15) is 0 Å². The van der Waals surface area contributed by atoms with E-state index < -0.39 is 0 Å². The number of hydrogen-bond donors (Lipinski definition) is 0. The zero-order valence-electron chi connectivity index (χ0n) is 13.1. The van der Waals surface area contributed by atoms with Crippen molar-refractivity contribution in [1.82, 2.24) is 9.80 Å². The van der Waals surface area contributed by atoms with Gasteiger partial charge in [-0.05, 0) is 38.4 Å². The first-order valence-electron chi connectivity index (χ1n) is 8.30. The second-order valence-electron chi connectivity index (χ2n) is 6.69. The van der Waals surface area contributed by atoms with Crippen molar-refractivity contribution in [2.24, 2.45) is 0 Å². The first-order chi connectivity index (χ1) is 10.1. The molecule has 4 nitrogen and oxygen atoms in total. The molecule has 2 saturated heterocycles. The van der Waals surface area contributed by atoms with E-state index in [2.05, 4.69) is 16.7 Å². The quantitative estimate of drug-likeness (QED) is 0.746. The Morgan fingerprint density at radius 2 is 1.76 bits per heavy atom. The van der Waals surface area contributed by atoms with Crippen LogP contribution in [0.5, 0.6) is 0 Å². The molecule has 2 heterocycles. The molecule has 4 atom stereocenters. The number of fused-ring (bicyclic) bond motifs is 1. The van der Waals surface area contributed by atoms with Gasteiger partial charge in [-0.2, -0.15) is 0 Å². The Morgan fingerprint density at radius 1 is 1.05 bits per heavy atom. The molecule has 0 aromatic carbocycles. The summed E-state index contributed by atoms with van der Waals surface area (Å²) in [7, 11) is 0. The molecule has 3 rings (SSSR count). The fourth-order valence-electron chi connectivity index (χ4n) is 4.37. The Morgan fingerprint density at radius 3 is 2.38 bits per heavy atom. The van der Waals surface area contributed by atoms with Crippen molar-refractivity contribution < 1.29 is 9.59 Å². The lowest BCUT2D eigenvalue weighted by atomic mass is 9.84. The van der Waals surface area contributed by atoms with Crippen molar-refractivity contribution in [3.8, 4) is 0 Å². The molecule has 1 saturated carbocycles. The van der Waals surface area contributed by atoms with Crippen LogP contribution in [-0.4, -0.2) is 57.3 Å². The minimum Gasteiger partial charge on any atom is -0.335 e. The van der Waals surface area contributed by atoms with Crippen LogP contribution in [0.15, 0.2) is 0 Å². The summed E-state index contributed by atoms with van der Waals surface area (Å²) >= 11 is 1.82. The number of carbonyl (C=O) groups is 2. The molecule has 2 aliphatic heterocycles. The lowest BCUT2D eigenvalue weighted by Crippen LogP contribution is -2.67. The van der Waals surface area contributed by atoms with Crippen LogP contribution in [0, 0.1) is 0 Å². The van der Waals surface area contributed by atoms with E-state index in [-0.39, 0.29) is 29.3 Å². The molecule has 3 unspecified atom stereocenters. The number of amides is 2. The maximum atomic E-state index is 12.9. The smallest absolute Gasteiger partial charge is 0.236 e.